The number of benzene rings is 3. The molecule has 7 heteroatoms. The van der Waals surface area contributed by atoms with Gasteiger partial charge in [-0.2, -0.15) is 0 Å². The minimum absolute atomic E-state index is 0.0352. The molecule has 3 aromatic carbocycles. The summed E-state index contributed by atoms with van der Waals surface area (Å²) in [7, 11) is -2.21. The maximum Gasteiger partial charge on any atom is 0.264 e. The predicted octanol–water partition coefficient (Wildman–Crippen LogP) is 5.19. The van der Waals surface area contributed by atoms with Crippen LogP contribution in [0.5, 0.6) is 5.75 Å². The van der Waals surface area contributed by atoms with Crippen LogP contribution in [0.3, 0.4) is 0 Å². The zero-order valence-corrected chi connectivity index (χ0v) is 22.2. The van der Waals surface area contributed by atoms with Gasteiger partial charge >= 0.3 is 0 Å². The smallest absolute Gasteiger partial charge is 0.264 e. The van der Waals surface area contributed by atoms with Gasteiger partial charge in [0.25, 0.3) is 10.0 Å². The average Bonchev–Trinajstić information content (AvgIpc) is 2.95. The second kappa shape index (κ2) is 10.9. The van der Waals surface area contributed by atoms with Crippen molar-refractivity contribution >= 4 is 15.7 Å². The maximum absolute atomic E-state index is 13.9. The summed E-state index contributed by atoms with van der Waals surface area (Å²) < 4.78 is 34.7. The number of aliphatic hydroxyl groups is 1. The van der Waals surface area contributed by atoms with Crippen LogP contribution in [0, 0.1) is 0 Å². The average molecular weight is 521 g/mol. The number of rotatable bonds is 7. The SMILES string of the molecule is COc1ccc(S(=O)(=O)N(c2ccccc2)C2CCN([C@H]3CCCCC3(O)c3ccccc3)CC2)cc1. The third-order valence-electron chi connectivity index (χ3n) is 8.01. The molecule has 3 aromatic rings. The molecule has 196 valence electrons. The number of piperidine rings is 1. The Kier molecular flexibility index (Phi) is 7.56. The van der Waals surface area contributed by atoms with Crippen LogP contribution in [-0.2, 0) is 15.6 Å². The molecular weight excluding hydrogens is 484 g/mol. The van der Waals surface area contributed by atoms with Gasteiger partial charge < -0.3 is 9.84 Å². The first kappa shape index (κ1) is 25.8. The summed E-state index contributed by atoms with van der Waals surface area (Å²) >= 11 is 0. The van der Waals surface area contributed by atoms with E-state index in [1.807, 2.05) is 60.7 Å². The number of methoxy groups -OCH3 is 1. The molecule has 2 aliphatic rings. The van der Waals surface area contributed by atoms with Gasteiger partial charge in [-0.15, -0.1) is 0 Å². The van der Waals surface area contributed by atoms with Gasteiger partial charge in [-0.1, -0.05) is 61.4 Å². The lowest BCUT2D eigenvalue weighted by atomic mass is 9.74. The van der Waals surface area contributed by atoms with Crippen molar-refractivity contribution in [3.8, 4) is 5.75 Å². The summed E-state index contributed by atoms with van der Waals surface area (Å²) in [4.78, 5) is 2.65. The van der Waals surface area contributed by atoms with E-state index in [0.717, 1.165) is 44.3 Å². The minimum Gasteiger partial charge on any atom is -0.497 e. The second-order valence-electron chi connectivity index (χ2n) is 10.1. The van der Waals surface area contributed by atoms with Crippen molar-refractivity contribution in [2.75, 3.05) is 24.5 Å². The van der Waals surface area contributed by atoms with E-state index in [9.17, 15) is 13.5 Å². The van der Waals surface area contributed by atoms with Crippen molar-refractivity contribution in [1.29, 1.82) is 0 Å². The number of ether oxygens (including phenoxy) is 1. The molecule has 1 unspecified atom stereocenters. The third-order valence-corrected chi connectivity index (χ3v) is 9.90. The number of sulfonamides is 1. The van der Waals surface area contributed by atoms with Crippen molar-refractivity contribution in [2.45, 2.75) is 61.1 Å². The first-order valence-corrected chi connectivity index (χ1v) is 14.6. The molecule has 2 atom stereocenters. The molecule has 1 aliphatic carbocycles. The van der Waals surface area contributed by atoms with Gasteiger partial charge in [0.15, 0.2) is 0 Å². The molecule has 1 N–H and O–H groups in total. The number of likely N-dealkylation sites (tertiary alicyclic amines) is 1. The third kappa shape index (κ3) is 5.13. The van der Waals surface area contributed by atoms with E-state index in [2.05, 4.69) is 4.90 Å². The lowest BCUT2D eigenvalue weighted by Crippen LogP contribution is -2.57. The zero-order chi connectivity index (χ0) is 25.9. The summed E-state index contributed by atoms with van der Waals surface area (Å²) in [6.07, 6.45) is 5.21. The largest absolute Gasteiger partial charge is 0.497 e. The van der Waals surface area contributed by atoms with E-state index < -0.39 is 15.6 Å². The van der Waals surface area contributed by atoms with Gasteiger partial charge in [0.1, 0.15) is 11.4 Å². The van der Waals surface area contributed by atoms with Crippen LogP contribution in [0.1, 0.15) is 44.1 Å². The van der Waals surface area contributed by atoms with Gasteiger partial charge in [0, 0.05) is 25.2 Å². The van der Waals surface area contributed by atoms with Crippen LogP contribution < -0.4 is 9.04 Å². The van der Waals surface area contributed by atoms with E-state index in [1.54, 1.807) is 35.7 Å². The summed E-state index contributed by atoms with van der Waals surface area (Å²) in [5.74, 6) is 0.622. The Hall–Kier alpha value is -2.87. The summed E-state index contributed by atoms with van der Waals surface area (Å²) in [6.45, 7) is 1.48. The fourth-order valence-corrected chi connectivity index (χ4v) is 7.81. The molecule has 1 aliphatic heterocycles. The highest BCUT2D eigenvalue weighted by Gasteiger charge is 2.45. The molecular formula is C30H36N2O4S. The topological polar surface area (TPSA) is 70.1 Å². The second-order valence-corrected chi connectivity index (χ2v) is 11.9. The number of hydrogen-bond acceptors (Lipinski definition) is 5. The summed E-state index contributed by atoms with van der Waals surface area (Å²) in [6, 6.07) is 25.9. The lowest BCUT2D eigenvalue weighted by Gasteiger charge is -2.49. The van der Waals surface area contributed by atoms with Crippen LogP contribution in [0.4, 0.5) is 5.69 Å². The number of hydrogen-bond donors (Lipinski definition) is 1. The predicted molar refractivity (Wildman–Crippen MR) is 146 cm³/mol. The van der Waals surface area contributed by atoms with Gasteiger partial charge in [0.05, 0.1) is 17.7 Å². The Balaban J connectivity index is 1.39. The molecule has 1 heterocycles. The molecule has 0 spiro atoms. The molecule has 5 rings (SSSR count). The number of anilines is 1. The van der Waals surface area contributed by atoms with Crippen LogP contribution in [0.2, 0.25) is 0 Å². The molecule has 0 radical (unpaired) electrons. The highest BCUT2D eigenvalue weighted by Crippen LogP contribution is 2.41. The normalized spacial score (nSPS) is 23.5. The summed E-state index contributed by atoms with van der Waals surface area (Å²) in [5, 5.41) is 11.9. The zero-order valence-electron chi connectivity index (χ0n) is 21.4. The molecule has 0 amide bonds. The van der Waals surface area contributed by atoms with Crippen molar-refractivity contribution in [2.24, 2.45) is 0 Å². The van der Waals surface area contributed by atoms with Crippen LogP contribution >= 0.6 is 0 Å². The fourth-order valence-electron chi connectivity index (χ4n) is 6.10. The molecule has 37 heavy (non-hydrogen) atoms. The number of para-hydroxylation sites is 1. The van der Waals surface area contributed by atoms with Crippen molar-refractivity contribution in [1.82, 2.24) is 4.90 Å². The van der Waals surface area contributed by atoms with Gasteiger partial charge in [0.2, 0.25) is 0 Å². The van der Waals surface area contributed by atoms with E-state index in [0.29, 0.717) is 24.3 Å². The molecule has 0 bridgehead atoms. The van der Waals surface area contributed by atoms with Crippen molar-refractivity contribution < 1.29 is 18.3 Å². The molecule has 1 saturated heterocycles. The fraction of sp³-hybridized carbons (Fsp3) is 0.400. The van der Waals surface area contributed by atoms with E-state index >= 15 is 0 Å². The Morgan fingerprint density at radius 1 is 0.865 bits per heavy atom. The van der Waals surface area contributed by atoms with Crippen molar-refractivity contribution in [3.05, 3.63) is 90.5 Å². The Morgan fingerprint density at radius 3 is 2.11 bits per heavy atom. The highest BCUT2D eigenvalue weighted by atomic mass is 32.2. The quantitative estimate of drug-likeness (QED) is 0.465. The minimum atomic E-state index is -3.78. The molecule has 6 nitrogen and oxygen atoms in total. The molecule has 1 saturated carbocycles. The maximum atomic E-state index is 13.9. The van der Waals surface area contributed by atoms with Crippen LogP contribution in [-0.4, -0.2) is 50.7 Å². The van der Waals surface area contributed by atoms with Crippen LogP contribution in [0.25, 0.3) is 0 Å². The van der Waals surface area contributed by atoms with E-state index in [-0.39, 0.29) is 17.0 Å². The Bertz CT molecular complexity index is 1260. The highest BCUT2D eigenvalue weighted by molar-refractivity contribution is 7.92. The molecule has 2 fully saturated rings. The first-order valence-electron chi connectivity index (χ1n) is 13.2. The summed E-state index contributed by atoms with van der Waals surface area (Å²) in [5.41, 5.74) is 0.783. The van der Waals surface area contributed by atoms with Crippen LogP contribution in [0.15, 0.2) is 89.8 Å². The number of nitrogens with zero attached hydrogens (tertiary/aromatic N) is 2. The van der Waals surface area contributed by atoms with E-state index in [4.69, 9.17) is 4.74 Å². The Labute approximate surface area is 220 Å². The lowest BCUT2D eigenvalue weighted by molar-refractivity contribution is -0.0849. The van der Waals surface area contributed by atoms with E-state index in [1.165, 1.54) is 0 Å². The van der Waals surface area contributed by atoms with Gasteiger partial charge in [-0.25, -0.2) is 8.42 Å². The monoisotopic (exact) mass is 520 g/mol. The van der Waals surface area contributed by atoms with Gasteiger partial charge in [-0.3, -0.25) is 9.21 Å². The van der Waals surface area contributed by atoms with Crippen molar-refractivity contribution in [3.63, 3.8) is 0 Å². The van der Waals surface area contributed by atoms with Gasteiger partial charge in [-0.05, 0) is 67.6 Å². The molecule has 0 aromatic heterocycles. The first-order chi connectivity index (χ1) is 17.9. The standard InChI is InChI=1S/C30H36N2O4S/c1-36-27-15-17-28(18-16-27)37(34,35)32(25-12-6-3-7-13-25)26-19-22-31(23-20-26)29-14-8-9-21-30(29,33)24-10-4-2-5-11-24/h2-7,10-13,15-18,26,29,33H,8-9,14,19-23H2,1H3/t29-,30?/m0/s1. The Morgan fingerprint density at radius 2 is 1.49 bits per heavy atom.